The zero-order valence-corrected chi connectivity index (χ0v) is 13.9. The summed E-state index contributed by atoms with van der Waals surface area (Å²) in [7, 11) is 0. The van der Waals surface area contributed by atoms with Crippen LogP contribution >= 0.6 is 0 Å². The number of amides is 1. The molecule has 132 valence electrons. The van der Waals surface area contributed by atoms with Gasteiger partial charge in [0.05, 0.1) is 12.3 Å². The Morgan fingerprint density at radius 2 is 2.23 bits per heavy atom. The zero-order valence-electron chi connectivity index (χ0n) is 13.9. The molecular formula is C16H16N7O3+. The van der Waals surface area contributed by atoms with E-state index < -0.39 is 6.09 Å². The maximum atomic E-state index is 11.5. The van der Waals surface area contributed by atoms with Crippen LogP contribution in [0.15, 0.2) is 40.4 Å². The van der Waals surface area contributed by atoms with Crippen LogP contribution in [-0.4, -0.2) is 30.0 Å². The molecule has 0 radical (unpaired) electrons. The van der Waals surface area contributed by atoms with E-state index in [1.807, 2.05) is 0 Å². The number of aromatic nitrogens is 1. The second kappa shape index (κ2) is 7.41. The number of nitrogens with two attached hydrogens (primary N) is 1. The van der Waals surface area contributed by atoms with Crippen molar-refractivity contribution >= 4 is 34.8 Å². The molecule has 10 heteroatoms. The molecule has 3 rings (SSSR count). The highest BCUT2D eigenvalue weighted by Crippen LogP contribution is 2.37. The van der Waals surface area contributed by atoms with Gasteiger partial charge in [0, 0.05) is 6.07 Å². The van der Waals surface area contributed by atoms with Crippen LogP contribution in [0, 0.1) is 5.53 Å². The molecule has 2 aromatic rings. The summed E-state index contributed by atoms with van der Waals surface area (Å²) in [6, 6.07) is 8.59. The molecule has 4 N–H and O–H groups in total. The molecule has 0 saturated carbocycles. The van der Waals surface area contributed by atoms with Gasteiger partial charge in [0.25, 0.3) is 0 Å². The molecule has 1 aromatic carbocycles. The number of hydrogen-bond acceptors (Lipinski definition) is 8. The van der Waals surface area contributed by atoms with Crippen molar-refractivity contribution in [2.24, 2.45) is 10.1 Å². The van der Waals surface area contributed by atoms with Crippen molar-refractivity contribution in [1.82, 2.24) is 9.90 Å². The number of hydrogen-bond donors (Lipinski definition) is 3. The normalized spacial score (nSPS) is 12.1. The van der Waals surface area contributed by atoms with Crippen LogP contribution in [0.25, 0.3) is 0 Å². The minimum atomic E-state index is -0.621. The van der Waals surface area contributed by atoms with E-state index in [0.29, 0.717) is 22.8 Å². The van der Waals surface area contributed by atoms with Gasteiger partial charge in [-0.3, -0.25) is 5.32 Å². The molecule has 0 unspecified atom stereocenters. The molecule has 1 aliphatic heterocycles. The van der Waals surface area contributed by atoms with Crippen molar-refractivity contribution < 1.29 is 14.3 Å². The number of fused-ring (bicyclic) bond motifs is 1. The van der Waals surface area contributed by atoms with Gasteiger partial charge in [-0.25, -0.2) is 14.8 Å². The molecule has 0 aliphatic carbocycles. The maximum absolute atomic E-state index is 11.5. The minimum absolute atomic E-state index is 0.131. The molecular weight excluding hydrogens is 338 g/mol. The Balaban J connectivity index is 1.87. The summed E-state index contributed by atoms with van der Waals surface area (Å²) in [6.45, 7) is 2.18. The fraction of sp³-hybridized carbons (Fsp3) is 0.188. The third-order valence-electron chi connectivity index (χ3n) is 3.47. The van der Waals surface area contributed by atoms with Gasteiger partial charge in [0.2, 0.25) is 4.91 Å². The fourth-order valence-electron chi connectivity index (χ4n) is 2.33. The maximum Gasteiger partial charge on any atom is 0.412 e. The Labute approximate surface area is 148 Å². The van der Waals surface area contributed by atoms with Gasteiger partial charge in [-0.05, 0) is 24.6 Å². The van der Waals surface area contributed by atoms with E-state index >= 15 is 0 Å². The Kier molecular flexibility index (Phi) is 4.86. The highest BCUT2D eigenvalue weighted by molar-refractivity contribution is 6.05. The van der Waals surface area contributed by atoms with Crippen molar-refractivity contribution in [1.29, 1.82) is 5.53 Å². The van der Waals surface area contributed by atoms with Crippen LogP contribution in [0.1, 0.15) is 12.5 Å². The Morgan fingerprint density at radius 3 is 2.92 bits per heavy atom. The molecule has 26 heavy (non-hydrogen) atoms. The van der Waals surface area contributed by atoms with Gasteiger partial charge >= 0.3 is 6.09 Å². The molecule has 0 saturated heterocycles. The molecule has 2 heterocycles. The van der Waals surface area contributed by atoms with Gasteiger partial charge in [-0.15, -0.1) is 0 Å². The van der Waals surface area contributed by atoms with Crippen molar-refractivity contribution in [2.45, 2.75) is 6.92 Å². The summed E-state index contributed by atoms with van der Waals surface area (Å²) in [6.07, 6.45) is -0.621. The summed E-state index contributed by atoms with van der Waals surface area (Å²) in [5.41, 5.74) is 15.2. The van der Waals surface area contributed by atoms with E-state index in [1.165, 1.54) is 0 Å². The first-order chi connectivity index (χ1) is 12.6. The highest BCUT2D eigenvalue weighted by Gasteiger charge is 2.20. The molecule has 1 aliphatic rings. The molecule has 10 nitrogen and oxygen atoms in total. The molecule has 0 spiro atoms. The van der Waals surface area contributed by atoms with Crippen LogP contribution in [0.4, 0.5) is 27.8 Å². The number of benzene rings is 1. The lowest BCUT2D eigenvalue weighted by atomic mass is 10.1. The number of rotatable bonds is 4. The molecule has 0 fully saturated rings. The summed E-state index contributed by atoms with van der Waals surface area (Å²) < 4.78 is 10.5. The average Bonchev–Trinajstić information content (AvgIpc) is 2.63. The highest BCUT2D eigenvalue weighted by atomic mass is 16.5. The second-order valence-corrected chi connectivity index (χ2v) is 5.18. The van der Waals surface area contributed by atoms with E-state index in [-0.39, 0.29) is 24.8 Å². The van der Waals surface area contributed by atoms with E-state index in [2.05, 4.69) is 25.3 Å². The second-order valence-electron chi connectivity index (χ2n) is 5.18. The number of nitrogens with zero attached hydrogens (tertiary/aromatic N) is 4. The third-order valence-corrected chi connectivity index (χ3v) is 3.47. The molecule has 0 atom stereocenters. The summed E-state index contributed by atoms with van der Waals surface area (Å²) in [5.74, 6) is 0.780. The number of carbonyl (C=O) groups is 1. The number of aliphatic imine (C=N–C) groups is 1. The van der Waals surface area contributed by atoms with Crippen LogP contribution in [0.5, 0.6) is 5.75 Å². The average molecular weight is 354 g/mol. The number of pyridine rings is 1. The number of nitrogen functional groups attached to an aromatic ring is 1. The fourth-order valence-corrected chi connectivity index (χ4v) is 2.33. The first-order valence-corrected chi connectivity index (χ1v) is 7.73. The predicted octanol–water partition coefficient (Wildman–Crippen LogP) is 2.93. The lowest BCUT2D eigenvalue weighted by Gasteiger charge is -2.19. The molecule has 1 amide bonds. The summed E-state index contributed by atoms with van der Waals surface area (Å²) >= 11 is 0. The van der Waals surface area contributed by atoms with Gasteiger partial charge in [-0.1, -0.05) is 12.1 Å². The topological polar surface area (TPSA) is 149 Å². The number of anilines is 2. The lowest BCUT2D eigenvalue weighted by molar-refractivity contribution is 0.168. The van der Waals surface area contributed by atoms with Gasteiger partial charge in [-0.2, -0.15) is 0 Å². The third kappa shape index (κ3) is 3.65. The first kappa shape index (κ1) is 17.1. The van der Waals surface area contributed by atoms with Crippen molar-refractivity contribution in [2.75, 3.05) is 24.3 Å². The quantitative estimate of drug-likeness (QED) is 0.570. The van der Waals surface area contributed by atoms with Gasteiger partial charge in [0.1, 0.15) is 23.6 Å². The summed E-state index contributed by atoms with van der Waals surface area (Å²) in [4.78, 5) is 23.1. The van der Waals surface area contributed by atoms with E-state index in [4.69, 9.17) is 20.7 Å². The largest absolute Gasteiger partial charge is 0.485 e. The number of nitrogens with one attached hydrogen (secondary N) is 2. The standard InChI is InChI=1S/C16H15N7O3/c1-2-25-16(24)21-13-7-12-14(15(17)20-13)19-11(8-26-12)9-3-5-10(6-4-9)22-23-18/h3-7,18H,2,8H2,1H3,(H2,17,20,21,24)/p+1. The zero-order chi connectivity index (χ0) is 18.5. The smallest absolute Gasteiger partial charge is 0.412 e. The number of carbonyl (C=O) groups excluding carboxylic acids is 1. The van der Waals surface area contributed by atoms with Gasteiger partial charge in [0.15, 0.2) is 22.4 Å². The Bertz CT molecular complexity index is 918. The first-order valence-electron chi connectivity index (χ1n) is 7.73. The van der Waals surface area contributed by atoms with Crippen molar-refractivity contribution in [3.63, 3.8) is 0 Å². The molecule has 1 aromatic heterocycles. The summed E-state index contributed by atoms with van der Waals surface area (Å²) in [5, 5.41) is 6.11. The van der Waals surface area contributed by atoms with Gasteiger partial charge < -0.3 is 15.2 Å². The Hall–Kier alpha value is -3.78. The van der Waals surface area contributed by atoms with Crippen LogP contribution in [0.2, 0.25) is 0 Å². The molecule has 0 bridgehead atoms. The van der Waals surface area contributed by atoms with Crippen LogP contribution < -0.4 is 20.7 Å². The van der Waals surface area contributed by atoms with Crippen LogP contribution in [0.3, 0.4) is 0 Å². The number of ether oxygens (including phenoxy) is 2. The van der Waals surface area contributed by atoms with E-state index in [9.17, 15) is 4.79 Å². The van der Waals surface area contributed by atoms with Crippen LogP contribution in [-0.2, 0) is 4.74 Å². The lowest BCUT2D eigenvalue weighted by Crippen LogP contribution is -2.18. The SMILES string of the molecule is CCOC(=O)Nc1cc2c(c(N)n1)N=C(c1ccc(N=[N+]=N)cc1)CO2. The van der Waals surface area contributed by atoms with E-state index in [1.54, 1.807) is 37.3 Å². The Morgan fingerprint density at radius 1 is 1.46 bits per heavy atom. The monoisotopic (exact) mass is 354 g/mol. The predicted molar refractivity (Wildman–Crippen MR) is 94.4 cm³/mol. The van der Waals surface area contributed by atoms with Crippen molar-refractivity contribution in [3.05, 3.63) is 35.9 Å². The minimum Gasteiger partial charge on any atom is -0.485 e. The van der Waals surface area contributed by atoms with Crippen molar-refractivity contribution in [3.8, 4) is 5.75 Å². The van der Waals surface area contributed by atoms with E-state index in [0.717, 1.165) is 5.56 Å².